The molecule has 1 aliphatic heterocycles. The van der Waals surface area contributed by atoms with Gasteiger partial charge >= 0.3 is 0 Å². The van der Waals surface area contributed by atoms with Crippen LogP contribution in [0.4, 0.5) is 0 Å². The fourth-order valence-electron chi connectivity index (χ4n) is 3.14. The summed E-state index contributed by atoms with van der Waals surface area (Å²) in [6, 6.07) is 17.3. The van der Waals surface area contributed by atoms with Crippen molar-refractivity contribution in [1.29, 1.82) is 0 Å². The lowest BCUT2D eigenvalue weighted by atomic mass is 10.2. The molecule has 6 heteroatoms. The standard InChI is InChI=1S/C20H20N4O2/c1-26-17-11-9-16(10-12-17)24-19(15-7-3-2-4-8-15)21-18(22-24)20(25)23-13-5-6-14-23/h2-4,7-12H,5-6,13-14H2,1H3. The van der Waals surface area contributed by atoms with Gasteiger partial charge in [-0.1, -0.05) is 30.3 Å². The minimum absolute atomic E-state index is 0.105. The van der Waals surface area contributed by atoms with E-state index in [1.807, 2.05) is 59.5 Å². The van der Waals surface area contributed by atoms with E-state index in [1.54, 1.807) is 11.8 Å². The molecule has 6 nitrogen and oxygen atoms in total. The predicted octanol–water partition coefficient (Wildman–Crippen LogP) is 3.18. The highest BCUT2D eigenvalue weighted by Crippen LogP contribution is 2.23. The first-order valence-electron chi connectivity index (χ1n) is 8.72. The molecule has 0 saturated carbocycles. The zero-order valence-corrected chi connectivity index (χ0v) is 14.6. The summed E-state index contributed by atoms with van der Waals surface area (Å²) in [5.74, 6) is 1.55. The summed E-state index contributed by atoms with van der Waals surface area (Å²) in [7, 11) is 1.63. The van der Waals surface area contributed by atoms with Crippen LogP contribution in [0.25, 0.3) is 17.1 Å². The summed E-state index contributed by atoms with van der Waals surface area (Å²) in [6.45, 7) is 1.55. The number of ether oxygens (including phenoxy) is 1. The van der Waals surface area contributed by atoms with E-state index in [0.717, 1.165) is 42.9 Å². The van der Waals surface area contributed by atoms with Crippen molar-refractivity contribution in [2.75, 3.05) is 20.2 Å². The molecule has 0 spiro atoms. The van der Waals surface area contributed by atoms with Crippen LogP contribution in [-0.4, -0.2) is 45.8 Å². The molecule has 0 atom stereocenters. The Morgan fingerprint density at radius 2 is 1.69 bits per heavy atom. The topological polar surface area (TPSA) is 60.3 Å². The number of hydrogen-bond acceptors (Lipinski definition) is 4. The molecule has 0 aliphatic carbocycles. The second kappa shape index (κ2) is 7.00. The van der Waals surface area contributed by atoms with Gasteiger partial charge in [-0.15, -0.1) is 5.10 Å². The molecule has 132 valence electrons. The molecule has 26 heavy (non-hydrogen) atoms. The van der Waals surface area contributed by atoms with E-state index in [9.17, 15) is 4.79 Å². The largest absolute Gasteiger partial charge is 0.497 e. The number of likely N-dealkylation sites (tertiary alicyclic amines) is 1. The summed E-state index contributed by atoms with van der Waals surface area (Å²) >= 11 is 0. The minimum Gasteiger partial charge on any atom is -0.497 e. The fraction of sp³-hybridized carbons (Fsp3) is 0.250. The molecular formula is C20H20N4O2. The molecule has 0 unspecified atom stereocenters. The number of amides is 1. The SMILES string of the molecule is COc1ccc(-n2nc(C(=O)N3CCCC3)nc2-c2ccccc2)cc1. The normalized spacial score (nSPS) is 13.8. The Bertz CT molecular complexity index is 897. The first-order valence-corrected chi connectivity index (χ1v) is 8.72. The van der Waals surface area contributed by atoms with Crippen LogP contribution in [0, 0.1) is 0 Å². The molecule has 1 aromatic heterocycles. The summed E-state index contributed by atoms with van der Waals surface area (Å²) in [6.07, 6.45) is 2.08. The van der Waals surface area contributed by atoms with Crippen LogP contribution in [0.2, 0.25) is 0 Å². The Kier molecular flexibility index (Phi) is 4.39. The first-order chi connectivity index (χ1) is 12.8. The molecule has 3 aromatic rings. The molecule has 0 bridgehead atoms. The number of aromatic nitrogens is 3. The van der Waals surface area contributed by atoms with Crippen molar-refractivity contribution >= 4 is 5.91 Å². The van der Waals surface area contributed by atoms with Gasteiger partial charge in [-0.2, -0.15) is 0 Å². The molecule has 2 heterocycles. The summed E-state index contributed by atoms with van der Waals surface area (Å²) in [4.78, 5) is 19.1. The maximum Gasteiger partial charge on any atom is 0.293 e. The van der Waals surface area contributed by atoms with Gasteiger partial charge in [-0.3, -0.25) is 4.79 Å². The molecule has 1 aliphatic rings. The van der Waals surface area contributed by atoms with Crippen molar-refractivity contribution in [3.8, 4) is 22.8 Å². The molecule has 4 rings (SSSR count). The predicted molar refractivity (Wildman–Crippen MR) is 98.5 cm³/mol. The van der Waals surface area contributed by atoms with Gasteiger partial charge in [0.05, 0.1) is 12.8 Å². The average molecular weight is 348 g/mol. The highest BCUT2D eigenvalue weighted by atomic mass is 16.5. The van der Waals surface area contributed by atoms with E-state index in [0.29, 0.717) is 5.82 Å². The monoisotopic (exact) mass is 348 g/mol. The van der Waals surface area contributed by atoms with Gasteiger partial charge in [0.15, 0.2) is 5.82 Å². The quantitative estimate of drug-likeness (QED) is 0.726. The third-order valence-corrected chi connectivity index (χ3v) is 4.54. The third-order valence-electron chi connectivity index (χ3n) is 4.54. The molecule has 0 N–H and O–H groups in total. The lowest BCUT2D eigenvalue weighted by Gasteiger charge is -2.11. The summed E-state index contributed by atoms with van der Waals surface area (Å²) in [5, 5.41) is 4.53. The van der Waals surface area contributed by atoms with E-state index in [4.69, 9.17) is 4.74 Å². The van der Waals surface area contributed by atoms with Gasteiger partial charge < -0.3 is 9.64 Å². The number of benzene rings is 2. The van der Waals surface area contributed by atoms with E-state index in [1.165, 1.54) is 0 Å². The van der Waals surface area contributed by atoms with Crippen LogP contribution in [0.15, 0.2) is 54.6 Å². The van der Waals surface area contributed by atoms with E-state index in [-0.39, 0.29) is 11.7 Å². The minimum atomic E-state index is -0.105. The Labute approximate surface area is 152 Å². The first kappa shape index (κ1) is 16.3. The van der Waals surface area contributed by atoms with E-state index in [2.05, 4.69) is 10.1 Å². The van der Waals surface area contributed by atoms with Gasteiger partial charge in [-0.05, 0) is 37.1 Å². The number of rotatable bonds is 4. The van der Waals surface area contributed by atoms with Crippen molar-refractivity contribution < 1.29 is 9.53 Å². The second-order valence-corrected chi connectivity index (χ2v) is 6.23. The molecular weight excluding hydrogens is 328 g/mol. The number of carbonyl (C=O) groups excluding carboxylic acids is 1. The molecule has 0 radical (unpaired) electrons. The average Bonchev–Trinajstić information content (AvgIpc) is 3.38. The van der Waals surface area contributed by atoms with Gasteiger partial charge in [0, 0.05) is 18.7 Å². The molecule has 1 amide bonds. The number of nitrogens with zero attached hydrogens (tertiary/aromatic N) is 4. The van der Waals surface area contributed by atoms with Crippen LogP contribution in [0.5, 0.6) is 5.75 Å². The smallest absolute Gasteiger partial charge is 0.293 e. The van der Waals surface area contributed by atoms with Gasteiger partial charge in [0.25, 0.3) is 5.91 Å². The van der Waals surface area contributed by atoms with Gasteiger partial charge in [0.2, 0.25) is 5.82 Å². The fourth-order valence-corrected chi connectivity index (χ4v) is 3.14. The van der Waals surface area contributed by atoms with Crippen molar-refractivity contribution in [3.63, 3.8) is 0 Å². The van der Waals surface area contributed by atoms with Crippen molar-refractivity contribution in [2.45, 2.75) is 12.8 Å². The molecule has 1 fully saturated rings. The number of methoxy groups -OCH3 is 1. The maximum absolute atomic E-state index is 12.7. The van der Waals surface area contributed by atoms with Crippen LogP contribution in [0.1, 0.15) is 23.5 Å². The second-order valence-electron chi connectivity index (χ2n) is 6.23. The van der Waals surface area contributed by atoms with Crippen LogP contribution >= 0.6 is 0 Å². The highest BCUT2D eigenvalue weighted by molar-refractivity contribution is 5.91. The van der Waals surface area contributed by atoms with Crippen molar-refractivity contribution in [3.05, 3.63) is 60.4 Å². The number of hydrogen-bond donors (Lipinski definition) is 0. The lowest BCUT2D eigenvalue weighted by Crippen LogP contribution is -2.28. The molecule has 1 saturated heterocycles. The summed E-state index contributed by atoms with van der Waals surface area (Å²) < 4.78 is 6.95. The van der Waals surface area contributed by atoms with E-state index < -0.39 is 0 Å². The van der Waals surface area contributed by atoms with Crippen LogP contribution < -0.4 is 4.74 Å². The Balaban J connectivity index is 1.78. The highest BCUT2D eigenvalue weighted by Gasteiger charge is 2.25. The van der Waals surface area contributed by atoms with Crippen molar-refractivity contribution in [1.82, 2.24) is 19.7 Å². The van der Waals surface area contributed by atoms with E-state index >= 15 is 0 Å². The van der Waals surface area contributed by atoms with Crippen LogP contribution in [0.3, 0.4) is 0 Å². The third kappa shape index (κ3) is 3.06. The molecule has 2 aromatic carbocycles. The Morgan fingerprint density at radius 1 is 1.00 bits per heavy atom. The van der Waals surface area contributed by atoms with Gasteiger partial charge in [0.1, 0.15) is 5.75 Å². The zero-order valence-electron chi connectivity index (χ0n) is 14.6. The lowest BCUT2D eigenvalue weighted by molar-refractivity contribution is 0.0781. The number of carbonyl (C=O) groups is 1. The van der Waals surface area contributed by atoms with Crippen LogP contribution in [-0.2, 0) is 0 Å². The Hall–Kier alpha value is -3.15. The van der Waals surface area contributed by atoms with Gasteiger partial charge in [-0.25, -0.2) is 9.67 Å². The summed E-state index contributed by atoms with van der Waals surface area (Å²) in [5.41, 5.74) is 1.74. The maximum atomic E-state index is 12.7. The van der Waals surface area contributed by atoms with Crippen molar-refractivity contribution in [2.24, 2.45) is 0 Å². The Morgan fingerprint density at radius 3 is 2.35 bits per heavy atom. The zero-order chi connectivity index (χ0) is 17.9.